The predicted octanol–water partition coefficient (Wildman–Crippen LogP) is 28.2. The van der Waals surface area contributed by atoms with Crippen LogP contribution in [0.15, 0.2) is 0 Å². The summed E-state index contributed by atoms with van der Waals surface area (Å²) < 4.78 is 0. The van der Waals surface area contributed by atoms with E-state index >= 15 is 0 Å². The van der Waals surface area contributed by atoms with E-state index in [1.807, 2.05) is 0 Å². The van der Waals surface area contributed by atoms with Crippen molar-refractivity contribution in [2.75, 3.05) is 24.6 Å². The van der Waals surface area contributed by atoms with Crippen molar-refractivity contribution in [1.82, 2.24) is 0 Å². The summed E-state index contributed by atoms with van der Waals surface area (Å²) in [6.07, 6.45) is 104. The summed E-state index contributed by atoms with van der Waals surface area (Å²) in [5.74, 6) is 0. The van der Waals surface area contributed by atoms with Crippen molar-refractivity contribution in [1.29, 1.82) is 0 Å². The maximum absolute atomic E-state index is 2.34. The molecule has 0 aromatic carbocycles. The molecular weight excluding hydrogens is 908 g/mol. The Hall–Kier alpha value is 0.430. The summed E-state index contributed by atoms with van der Waals surface area (Å²) in [5, 5.41) is 0. The summed E-state index contributed by atoms with van der Waals surface area (Å²) in [6, 6.07) is 0. The van der Waals surface area contributed by atoms with Crippen molar-refractivity contribution in [3.05, 3.63) is 0 Å². The predicted molar refractivity (Wildman–Crippen MR) is 351 cm³/mol. The van der Waals surface area contributed by atoms with Crippen molar-refractivity contribution < 1.29 is 0 Å². The minimum absolute atomic E-state index is 1.23. The van der Waals surface area contributed by atoms with E-state index < -0.39 is 7.26 Å². The van der Waals surface area contributed by atoms with Crippen LogP contribution in [0.3, 0.4) is 0 Å². The van der Waals surface area contributed by atoms with E-state index in [1.165, 1.54) is 366 Å². The molecule has 0 aromatic heterocycles. The first-order valence-corrected chi connectivity index (χ1v) is 39.6. The van der Waals surface area contributed by atoms with Gasteiger partial charge in [-0.15, -0.1) is 0 Å². The Labute approximate surface area is 474 Å². The van der Waals surface area contributed by atoms with Crippen LogP contribution in [0.5, 0.6) is 0 Å². The van der Waals surface area contributed by atoms with Gasteiger partial charge in [-0.1, -0.05) is 163 Å². The minimum Gasteiger partial charge on any atom is -0.0654 e. The molecule has 0 nitrogen and oxygen atoms in total. The summed E-state index contributed by atoms with van der Waals surface area (Å²) in [5.41, 5.74) is 0. The van der Waals surface area contributed by atoms with Gasteiger partial charge in [0.05, 0.1) is 0 Å². The molecule has 0 fully saturated rings. The Morgan fingerprint density at radius 3 is 0.284 bits per heavy atom. The number of hydrogen-bond donors (Lipinski definition) is 0. The number of rotatable bonds is 69. The summed E-state index contributed by atoms with van der Waals surface area (Å²) in [6.45, 7) is 9.34. The van der Waals surface area contributed by atoms with Crippen LogP contribution in [-0.4, -0.2) is 24.6 Å². The van der Waals surface area contributed by atoms with Crippen LogP contribution in [0.2, 0.25) is 0 Å². The van der Waals surface area contributed by atoms with E-state index in [0.717, 1.165) is 0 Å². The maximum atomic E-state index is 2.34. The Morgan fingerprint density at radius 1 is 0.108 bits per heavy atom. The van der Waals surface area contributed by atoms with E-state index in [4.69, 9.17) is 0 Å². The minimum atomic E-state index is -1.23. The van der Waals surface area contributed by atoms with E-state index in [-0.39, 0.29) is 0 Å². The molecule has 0 amide bonds. The fraction of sp³-hybridized carbons (Fsp3) is 1.00. The number of hydrogen-bond acceptors (Lipinski definition) is 0. The van der Waals surface area contributed by atoms with Gasteiger partial charge in [0.1, 0.15) is 0 Å². The smallest absolute Gasteiger partial charge is 0.0654 e. The third-order valence-electron chi connectivity index (χ3n) is 18.5. The van der Waals surface area contributed by atoms with Crippen LogP contribution in [-0.2, 0) is 0 Å². The monoisotopic (exact) mass is 1060 g/mol. The molecule has 0 rings (SSSR count). The van der Waals surface area contributed by atoms with Crippen molar-refractivity contribution in [3.63, 3.8) is 0 Å². The summed E-state index contributed by atoms with van der Waals surface area (Å²) in [7, 11) is -1.23. The van der Waals surface area contributed by atoms with Crippen LogP contribution in [0.4, 0.5) is 0 Å². The molecular formula is C73H151P. The van der Waals surface area contributed by atoms with Gasteiger partial charge >= 0.3 is 314 Å². The van der Waals surface area contributed by atoms with Crippen molar-refractivity contribution in [2.45, 2.75) is 445 Å². The molecule has 74 heavy (non-hydrogen) atoms. The van der Waals surface area contributed by atoms with Crippen molar-refractivity contribution in [3.8, 4) is 0 Å². The zero-order valence-corrected chi connectivity index (χ0v) is 54.3. The first-order chi connectivity index (χ1) is 36.7. The second-order valence-electron chi connectivity index (χ2n) is 26.1. The Balaban J connectivity index is 4.95. The fourth-order valence-electron chi connectivity index (χ4n) is 13.1. The summed E-state index contributed by atoms with van der Waals surface area (Å²) >= 11 is 0. The molecule has 0 aliphatic heterocycles. The molecule has 0 aliphatic carbocycles. The van der Waals surface area contributed by atoms with Gasteiger partial charge in [0.2, 0.25) is 0 Å². The van der Waals surface area contributed by atoms with Crippen LogP contribution in [0, 0.1) is 0 Å². The van der Waals surface area contributed by atoms with Gasteiger partial charge < -0.3 is 0 Å². The van der Waals surface area contributed by atoms with E-state index in [0.29, 0.717) is 0 Å². The molecule has 0 saturated heterocycles. The SMILES string of the molecule is CCCCCCCCCCCCCCCCCCC[PH](CCCCCCCCCCCCCCCC)(CCCCCCCCCCCCCCCCCCC)CCCCCCCCCCCCCCCCCCC. The van der Waals surface area contributed by atoms with Crippen molar-refractivity contribution in [2.24, 2.45) is 0 Å². The molecule has 0 aliphatic rings. The van der Waals surface area contributed by atoms with Gasteiger partial charge in [-0.05, 0) is 0 Å². The third kappa shape index (κ3) is 61.6. The molecule has 0 aromatic rings. The first kappa shape index (κ1) is 74.4. The molecule has 0 heterocycles. The molecule has 0 bridgehead atoms. The van der Waals surface area contributed by atoms with Crippen molar-refractivity contribution >= 4 is 7.26 Å². The molecule has 0 N–H and O–H groups in total. The summed E-state index contributed by atoms with van der Waals surface area (Å²) in [4.78, 5) is 0. The molecule has 0 saturated carbocycles. The van der Waals surface area contributed by atoms with Gasteiger partial charge in [-0.2, -0.15) is 0 Å². The number of unbranched alkanes of at least 4 members (excludes halogenated alkanes) is 61. The van der Waals surface area contributed by atoms with E-state index in [9.17, 15) is 0 Å². The molecule has 0 unspecified atom stereocenters. The van der Waals surface area contributed by atoms with E-state index in [2.05, 4.69) is 27.7 Å². The van der Waals surface area contributed by atoms with Crippen LogP contribution in [0.25, 0.3) is 0 Å². The Kier molecular flexibility index (Phi) is 68.1. The van der Waals surface area contributed by atoms with Gasteiger partial charge in [-0.25, -0.2) is 0 Å². The Bertz CT molecular complexity index is 847. The molecule has 0 radical (unpaired) electrons. The van der Waals surface area contributed by atoms with Crippen LogP contribution in [0.1, 0.15) is 445 Å². The second-order valence-corrected chi connectivity index (χ2v) is 31.1. The van der Waals surface area contributed by atoms with Gasteiger partial charge in [0, 0.05) is 0 Å². The molecule has 448 valence electrons. The van der Waals surface area contributed by atoms with Gasteiger partial charge in [0.15, 0.2) is 0 Å². The zero-order valence-electron chi connectivity index (χ0n) is 53.3. The first-order valence-electron chi connectivity index (χ1n) is 36.7. The topological polar surface area (TPSA) is 0 Å². The quantitative estimate of drug-likeness (QED) is 0.0421. The standard InChI is InChI=1S/C73H151P/c1-5-9-13-17-21-25-29-33-37-40-43-47-51-55-59-63-67-71-74(70-66-62-58-54-50-46-36-32-28-24-20-16-12-8-4,72-68-64-60-56-52-48-44-41-38-34-30-26-22-18-14-10-6-2)73-69-65-61-57-53-49-45-42-39-35-31-27-23-19-15-11-7-3/h74H,5-73H2,1-4H3. The average molecular weight is 1060 g/mol. The molecule has 1 heteroatoms. The normalized spacial score (nSPS) is 12.2. The van der Waals surface area contributed by atoms with Gasteiger partial charge in [0.25, 0.3) is 0 Å². The van der Waals surface area contributed by atoms with Gasteiger partial charge in [-0.3, -0.25) is 0 Å². The van der Waals surface area contributed by atoms with E-state index in [1.54, 1.807) is 76.0 Å². The second kappa shape index (κ2) is 67.7. The molecule has 0 atom stereocenters. The third-order valence-corrected chi connectivity index (χ3v) is 24.1. The Morgan fingerprint density at radius 2 is 0.189 bits per heavy atom. The van der Waals surface area contributed by atoms with Crippen LogP contribution >= 0.6 is 7.26 Å². The average Bonchev–Trinajstić information content (AvgIpc) is 3.41. The zero-order chi connectivity index (χ0) is 53.3. The van der Waals surface area contributed by atoms with Crippen LogP contribution < -0.4 is 0 Å². The molecule has 0 spiro atoms. The fourth-order valence-corrected chi connectivity index (χ4v) is 18.6.